The van der Waals surface area contributed by atoms with E-state index in [0.29, 0.717) is 19.3 Å². The zero-order valence-corrected chi connectivity index (χ0v) is 13.0. The first kappa shape index (κ1) is 14.5. The Hall–Kier alpha value is -0.920. The Kier molecular flexibility index (Phi) is 4.59. The molecule has 0 spiro atoms. The van der Waals surface area contributed by atoms with Crippen molar-refractivity contribution >= 4 is 51.8 Å². The van der Waals surface area contributed by atoms with Crippen LogP contribution in [0.5, 0.6) is 0 Å². The third-order valence-electron chi connectivity index (χ3n) is 2.62. The number of hydrogen-bond donors (Lipinski definition) is 1. The molecule has 2 nitrogen and oxygen atoms in total. The standard InChI is InChI=1S/C13H9Cl3N2S/c1-7(9-5-12(15)19-13(9)16)18-11-3-2-8(6-17)4-10(11)14/h2-5,7,18H,1H3. The van der Waals surface area contributed by atoms with Crippen LogP contribution in [0.2, 0.25) is 13.7 Å². The summed E-state index contributed by atoms with van der Waals surface area (Å²) in [5, 5.41) is 12.5. The molecule has 0 aliphatic carbocycles. The van der Waals surface area contributed by atoms with Gasteiger partial charge in [0, 0.05) is 5.56 Å². The van der Waals surface area contributed by atoms with Crippen molar-refractivity contribution in [1.29, 1.82) is 5.26 Å². The van der Waals surface area contributed by atoms with Crippen LogP contribution in [0.4, 0.5) is 5.69 Å². The number of anilines is 1. The van der Waals surface area contributed by atoms with Crippen LogP contribution in [0.3, 0.4) is 0 Å². The molecule has 1 unspecified atom stereocenters. The molecule has 1 N–H and O–H groups in total. The highest BCUT2D eigenvalue weighted by molar-refractivity contribution is 7.20. The molecule has 0 radical (unpaired) electrons. The Labute approximate surface area is 130 Å². The highest BCUT2D eigenvalue weighted by Gasteiger charge is 2.14. The zero-order chi connectivity index (χ0) is 14.0. The molecule has 6 heteroatoms. The van der Waals surface area contributed by atoms with E-state index < -0.39 is 0 Å². The van der Waals surface area contributed by atoms with Crippen LogP contribution in [0.1, 0.15) is 24.1 Å². The Morgan fingerprint density at radius 3 is 2.53 bits per heavy atom. The van der Waals surface area contributed by atoms with E-state index in [9.17, 15) is 0 Å². The number of benzene rings is 1. The fraction of sp³-hybridized carbons (Fsp3) is 0.154. The lowest BCUT2D eigenvalue weighted by Crippen LogP contribution is -2.06. The van der Waals surface area contributed by atoms with Gasteiger partial charge in [-0.25, -0.2) is 0 Å². The third kappa shape index (κ3) is 3.34. The van der Waals surface area contributed by atoms with E-state index in [0.717, 1.165) is 11.3 Å². The van der Waals surface area contributed by atoms with Crippen LogP contribution in [-0.2, 0) is 0 Å². The third-order valence-corrected chi connectivity index (χ3v) is 4.45. The van der Waals surface area contributed by atoms with Crippen molar-refractivity contribution in [1.82, 2.24) is 0 Å². The number of rotatable bonds is 3. The highest BCUT2D eigenvalue weighted by atomic mass is 35.5. The normalized spacial score (nSPS) is 11.9. The van der Waals surface area contributed by atoms with Gasteiger partial charge in [0.1, 0.15) is 0 Å². The Balaban J connectivity index is 2.22. The molecule has 19 heavy (non-hydrogen) atoms. The summed E-state index contributed by atoms with van der Waals surface area (Å²) in [6.45, 7) is 1.97. The summed E-state index contributed by atoms with van der Waals surface area (Å²) >= 11 is 19.5. The van der Waals surface area contributed by atoms with Gasteiger partial charge in [-0.1, -0.05) is 34.8 Å². The molecule has 2 rings (SSSR count). The summed E-state index contributed by atoms with van der Waals surface area (Å²) in [7, 11) is 0. The first-order valence-electron chi connectivity index (χ1n) is 5.42. The minimum absolute atomic E-state index is 0.0262. The van der Waals surface area contributed by atoms with Crippen LogP contribution in [-0.4, -0.2) is 0 Å². The predicted molar refractivity (Wildman–Crippen MR) is 82.5 cm³/mol. The topological polar surface area (TPSA) is 35.8 Å². The lowest BCUT2D eigenvalue weighted by atomic mass is 10.1. The average molecular weight is 332 g/mol. The fourth-order valence-electron chi connectivity index (χ4n) is 1.66. The summed E-state index contributed by atoms with van der Waals surface area (Å²) in [5.74, 6) is 0. The van der Waals surface area contributed by atoms with Gasteiger partial charge in [-0.2, -0.15) is 5.26 Å². The Morgan fingerprint density at radius 2 is 2.00 bits per heavy atom. The van der Waals surface area contributed by atoms with Crippen LogP contribution >= 0.6 is 46.1 Å². The molecule has 0 amide bonds. The second-order valence-corrected chi connectivity index (χ2v) is 6.64. The van der Waals surface area contributed by atoms with Crippen molar-refractivity contribution in [3.63, 3.8) is 0 Å². The quantitative estimate of drug-likeness (QED) is 0.777. The molecule has 0 aliphatic heterocycles. The van der Waals surface area contributed by atoms with Gasteiger partial charge < -0.3 is 5.32 Å². The Morgan fingerprint density at radius 1 is 1.26 bits per heavy atom. The molecule has 0 saturated carbocycles. The van der Waals surface area contributed by atoms with E-state index in [4.69, 9.17) is 40.1 Å². The molecule has 1 heterocycles. The van der Waals surface area contributed by atoms with Gasteiger partial charge in [-0.15, -0.1) is 11.3 Å². The van der Waals surface area contributed by atoms with Gasteiger partial charge in [0.15, 0.2) is 0 Å². The maximum Gasteiger partial charge on any atom is 0.0996 e. The summed E-state index contributed by atoms with van der Waals surface area (Å²) in [5.41, 5.74) is 2.21. The molecule has 1 aromatic heterocycles. The summed E-state index contributed by atoms with van der Waals surface area (Å²) in [6, 6.07) is 8.97. The highest BCUT2D eigenvalue weighted by Crippen LogP contribution is 2.37. The molecule has 0 fully saturated rings. The maximum absolute atomic E-state index is 8.79. The number of nitrogens with one attached hydrogen (secondary N) is 1. The van der Waals surface area contributed by atoms with Crippen LogP contribution in [0.25, 0.3) is 0 Å². The molecule has 2 aromatic rings. The van der Waals surface area contributed by atoms with Gasteiger partial charge in [-0.05, 0) is 31.2 Å². The number of halogens is 3. The number of nitrogens with zero attached hydrogens (tertiary/aromatic N) is 1. The van der Waals surface area contributed by atoms with Crippen molar-refractivity contribution in [3.8, 4) is 6.07 Å². The minimum atomic E-state index is -0.0262. The molecule has 0 saturated heterocycles. The summed E-state index contributed by atoms with van der Waals surface area (Å²) in [4.78, 5) is 0. The summed E-state index contributed by atoms with van der Waals surface area (Å²) in [6.07, 6.45) is 0. The van der Waals surface area contributed by atoms with Crippen molar-refractivity contribution in [3.05, 3.63) is 49.1 Å². The SMILES string of the molecule is CC(Nc1ccc(C#N)cc1Cl)c1cc(Cl)sc1Cl. The molecule has 0 aliphatic rings. The van der Waals surface area contributed by atoms with E-state index in [-0.39, 0.29) is 6.04 Å². The Bertz CT molecular complexity index is 646. The molecule has 98 valence electrons. The van der Waals surface area contributed by atoms with Gasteiger partial charge in [0.05, 0.1) is 37.1 Å². The van der Waals surface area contributed by atoms with Gasteiger partial charge in [-0.3, -0.25) is 0 Å². The van der Waals surface area contributed by atoms with E-state index >= 15 is 0 Å². The van der Waals surface area contributed by atoms with Crippen molar-refractivity contribution in [2.45, 2.75) is 13.0 Å². The first-order chi connectivity index (χ1) is 9.01. The second-order valence-electron chi connectivity index (χ2n) is 3.95. The predicted octanol–water partition coefficient (Wildman–Crippen LogP) is 5.75. The lowest BCUT2D eigenvalue weighted by molar-refractivity contribution is 0.891. The van der Waals surface area contributed by atoms with Crippen molar-refractivity contribution in [2.75, 3.05) is 5.32 Å². The summed E-state index contributed by atoms with van der Waals surface area (Å²) < 4.78 is 1.31. The van der Waals surface area contributed by atoms with Gasteiger partial charge in [0.2, 0.25) is 0 Å². The second kappa shape index (κ2) is 6.02. The maximum atomic E-state index is 8.79. The van der Waals surface area contributed by atoms with Crippen LogP contribution in [0.15, 0.2) is 24.3 Å². The molecule has 1 atom stereocenters. The van der Waals surface area contributed by atoms with E-state index in [1.807, 2.05) is 19.1 Å². The molecule has 1 aromatic carbocycles. The minimum Gasteiger partial charge on any atom is -0.377 e. The van der Waals surface area contributed by atoms with Crippen molar-refractivity contribution < 1.29 is 0 Å². The number of thiophene rings is 1. The van der Waals surface area contributed by atoms with E-state index in [1.165, 1.54) is 11.3 Å². The zero-order valence-electron chi connectivity index (χ0n) is 9.88. The van der Waals surface area contributed by atoms with E-state index in [1.54, 1.807) is 18.2 Å². The monoisotopic (exact) mass is 330 g/mol. The smallest absolute Gasteiger partial charge is 0.0996 e. The number of hydrogen-bond acceptors (Lipinski definition) is 3. The molecular weight excluding hydrogens is 323 g/mol. The van der Waals surface area contributed by atoms with Crippen molar-refractivity contribution in [2.24, 2.45) is 0 Å². The molecule has 0 bridgehead atoms. The van der Waals surface area contributed by atoms with Crippen LogP contribution in [0, 0.1) is 11.3 Å². The lowest BCUT2D eigenvalue weighted by Gasteiger charge is -2.16. The van der Waals surface area contributed by atoms with Crippen LogP contribution < -0.4 is 5.32 Å². The average Bonchev–Trinajstić information content (AvgIpc) is 2.71. The van der Waals surface area contributed by atoms with Gasteiger partial charge in [0.25, 0.3) is 0 Å². The van der Waals surface area contributed by atoms with E-state index in [2.05, 4.69) is 5.32 Å². The number of nitriles is 1. The molecular formula is C13H9Cl3N2S. The fourth-order valence-corrected chi connectivity index (χ4v) is 3.54. The van der Waals surface area contributed by atoms with Gasteiger partial charge >= 0.3 is 0 Å². The largest absolute Gasteiger partial charge is 0.377 e. The first-order valence-corrected chi connectivity index (χ1v) is 7.37.